The summed E-state index contributed by atoms with van der Waals surface area (Å²) in [6.45, 7) is 0. The third-order valence-corrected chi connectivity index (χ3v) is 2.87. The van der Waals surface area contributed by atoms with Gasteiger partial charge in [-0.15, -0.1) is 5.11 Å². The molecule has 0 atom stereocenters. The van der Waals surface area contributed by atoms with Gasteiger partial charge in [0, 0.05) is 12.1 Å². The lowest BCUT2D eigenvalue weighted by Gasteiger charge is -1.94. The standard InChI is InChI=1S/C6H3N3O4S/c10-9(11)4-1-2-5-6(3-4)14(12,13)8-7-5/h1-3H. The SMILES string of the molecule is O=[N+]([O-])c1ccc2c(c1)S(=O)(=O)N=N2. The number of sulfonamides is 1. The Morgan fingerprint density at radius 1 is 1.36 bits per heavy atom. The Morgan fingerprint density at radius 2 is 2.07 bits per heavy atom. The van der Waals surface area contributed by atoms with Crippen molar-refractivity contribution in [3.05, 3.63) is 28.3 Å². The molecule has 72 valence electrons. The Morgan fingerprint density at radius 3 is 2.71 bits per heavy atom. The van der Waals surface area contributed by atoms with Gasteiger partial charge in [-0.3, -0.25) is 10.1 Å². The highest BCUT2D eigenvalue weighted by Gasteiger charge is 2.26. The summed E-state index contributed by atoms with van der Waals surface area (Å²) in [4.78, 5) is 9.47. The average molecular weight is 213 g/mol. The van der Waals surface area contributed by atoms with Crippen molar-refractivity contribution in [3.63, 3.8) is 0 Å². The highest BCUT2D eigenvalue weighted by molar-refractivity contribution is 7.90. The maximum Gasteiger partial charge on any atom is 0.302 e. The third kappa shape index (κ3) is 1.16. The van der Waals surface area contributed by atoms with Gasteiger partial charge in [-0.2, -0.15) is 8.42 Å². The molecule has 14 heavy (non-hydrogen) atoms. The summed E-state index contributed by atoms with van der Waals surface area (Å²) >= 11 is 0. The second-order valence-electron chi connectivity index (χ2n) is 2.57. The van der Waals surface area contributed by atoms with Gasteiger partial charge in [0.25, 0.3) is 5.69 Å². The number of nitro groups is 1. The second kappa shape index (κ2) is 2.58. The zero-order valence-electron chi connectivity index (χ0n) is 6.61. The molecule has 2 rings (SSSR count). The molecule has 1 aromatic rings. The molecule has 0 aromatic heterocycles. The van der Waals surface area contributed by atoms with Crippen molar-refractivity contribution in [1.82, 2.24) is 0 Å². The Balaban J connectivity index is 2.69. The lowest BCUT2D eigenvalue weighted by atomic mass is 10.3. The van der Waals surface area contributed by atoms with E-state index in [0.29, 0.717) is 0 Å². The zero-order chi connectivity index (χ0) is 10.3. The monoisotopic (exact) mass is 213 g/mol. The number of hydrogen-bond donors (Lipinski definition) is 0. The molecule has 8 heteroatoms. The van der Waals surface area contributed by atoms with Crippen LogP contribution in [0.15, 0.2) is 32.7 Å². The molecule has 0 fully saturated rings. The Bertz CT molecular complexity index is 548. The first-order valence-electron chi connectivity index (χ1n) is 3.47. The number of hydrogen-bond acceptors (Lipinski definition) is 5. The normalized spacial score (nSPS) is 16.6. The number of non-ortho nitro benzene ring substituents is 1. The van der Waals surface area contributed by atoms with Crippen LogP contribution >= 0.6 is 0 Å². The maximum absolute atomic E-state index is 11.1. The minimum Gasteiger partial charge on any atom is -0.258 e. The van der Waals surface area contributed by atoms with Crippen LogP contribution in [0.4, 0.5) is 11.4 Å². The van der Waals surface area contributed by atoms with Crippen molar-refractivity contribution >= 4 is 21.4 Å². The molecule has 7 nitrogen and oxygen atoms in total. The Hall–Kier alpha value is -1.83. The van der Waals surface area contributed by atoms with Crippen LogP contribution < -0.4 is 0 Å². The van der Waals surface area contributed by atoms with Gasteiger partial charge in [-0.1, -0.05) is 4.52 Å². The van der Waals surface area contributed by atoms with E-state index in [1.165, 1.54) is 12.1 Å². The second-order valence-corrected chi connectivity index (χ2v) is 4.12. The fourth-order valence-electron chi connectivity index (χ4n) is 1.05. The first-order chi connectivity index (χ1) is 6.50. The molecule has 0 amide bonds. The molecule has 0 spiro atoms. The number of fused-ring (bicyclic) bond motifs is 1. The van der Waals surface area contributed by atoms with Gasteiger partial charge < -0.3 is 0 Å². The summed E-state index contributed by atoms with van der Waals surface area (Å²) in [5.41, 5.74) is -0.157. The fourth-order valence-corrected chi connectivity index (χ4v) is 1.97. The molecule has 0 saturated heterocycles. The summed E-state index contributed by atoms with van der Waals surface area (Å²) in [5.74, 6) is 0. The number of rotatable bonds is 1. The molecular weight excluding hydrogens is 210 g/mol. The predicted molar refractivity (Wildman–Crippen MR) is 44.8 cm³/mol. The number of nitro benzene ring substituents is 1. The first kappa shape index (κ1) is 8.75. The predicted octanol–water partition coefficient (Wildman–Crippen LogP) is 1.38. The molecule has 1 aliphatic rings. The van der Waals surface area contributed by atoms with E-state index in [2.05, 4.69) is 9.63 Å². The van der Waals surface area contributed by atoms with Crippen molar-refractivity contribution in [2.24, 2.45) is 9.63 Å². The van der Waals surface area contributed by atoms with E-state index in [-0.39, 0.29) is 16.3 Å². The van der Waals surface area contributed by atoms with Crippen LogP contribution in [-0.2, 0) is 10.0 Å². The van der Waals surface area contributed by atoms with Gasteiger partial charge >= 0.3 is 10.0 Å². The largest absolute Gasteiger partial charge is 0.302 e. The van der Waals surface area contributed by atoms with Crippen molar-refractivity contribution in [2.75, 3.05) is 0 Å². The quantitative estimate of drug-likeness (QED) is 0.519. The average Bonchev–Trinajstić information content (AvgIpc) is 2.42. The van der Waals surface area contributed by atoms with Gasteiger partial charge in [0.2, 0.25) is 0 Å². The van der Waals surface area contributed by atoms with Crippen LogP contribution in [0.1, 0.15) is 0 Å². The van der Waals surface area contributed by atoms with E-state index in [4.69, 9.17) is 0 Å². The van der Waals surface area contributed by atoms with Crippen molar-refractivity contribution in [3.8, 4) is 0 Å². The molecule has 0 bridgehead atoms. The first-order valence-corrected chi connectivity index (χ1v) is 4.91. The van der Waals surface area contributed by atoms with E-state index in [1.807, 2.05) is 0 Å². The lowest BCUT2D eigenvalue weighted by molar-refractivity contribution is -0.385. The number of nitrogens with zero attached hydrogens (tertiary/aromatic N) is 3. The molecule has 1 aliphatic heterocycles. The Labute approximate surface area is 78.3 Å². The minimum absolute atomic E-state index is 0.135. The maximum atomic E-state index is 11.1. The van der Waals surface area contributed by atoms with Gasteiger partial charge in [0.15, 0.2) is 0 Å². The molecular formula is C6H3N3O4S. The number of benzene rings is 1. The van der Waals surface area contributed by atoms with Crippen LogP contribution in [0.25, 0.3) is 0 Å². The smallest absolute Gasteiger partial charge is 0.258 e. The summed E-state index contributed by atoms with van der Waals surface area (Å²) in [5, 5.41) is 13.7. The topological polar surface area (TPSA) is 102 Å². The molecule has 0 radical (unpaired) electrons. The molecule has 1 aromatic carbocycles. The molecule has 0 unspecified atom stereocenters. The molecule has 0 aliphatic carbocycles. The van der Waals surface area contributed by atoms with Crippen LogP contribution in [0.3, 0.4) is 0 Å². The van der Waals surface area contributed by atoms with Crippen LogP contribution in [0.2, 0.25) is 0 Å². The van der Waals surface area contributed by atoms with E-state index < -0.39 is 14.9 Å². The van der Waals surface area contributed by atoms with E-state index in [1.54, 1.807) is 0 Å². The summed E-state index contributed by atoms with van der Waals surface area (Å²) in [7, 11) is -3.81. The van der Waals surface area contributed by atoms with Crippen molar-refractivity contribution in [2.45, 2.75) is 4.90 Å². The summed E-state index contributed by atoms with van der Waals surface area (Å²) in [6.07, 6.45) is 0. The van der Waals surface area contributed by atoms with E-state index in [0.717, 1.165) is 6.07 Å². The van der Waals surface area contributed by atoms with Gasteiger partial charge in [-0.05, 0) is 6.07 Å². The zero-order valence-corrected chi connectivity index (χ0v) is 7.43. The van der Waals surface area contributed by atoms with Crippen LogP contribution in [0, 0.1) is 10.1 Å². The van der Waals surface area contributed by atoms with Crippen LogP contribution in [0.5, 0.6) is 0 Å². The van der Waals surface area contributed by atoms with Crippen LogP contribution in [-0.4, -0.2) is 13.3 Å². The van der Waals surface area contributed by atoms with Gasteiger partial charge in [0.05, 0.1) is 4.92 Å². The minimum atomic E-state index is -3.81. The fraction of sp³-hybridized carbons (Fsp3) is 0. The molecule has 1 heterocycles. The van der Waals surface area contributed by atoms with E-state index >= 15 is 0 Å². The van der Waals surface area contributed by atoms with Crippen molar-refractivity contribution in [1.29, 1.82) is 0 Å². The van der Waals surface area contributed by atoms with Crippen molar-refractivity contribution < 1.29 is 13.3 Å². The molecule has 0 N–H and O–H groups in total. The van der Waals surface area contributed by atoms with Gasteiger partial charge in [0.1, 0.15) is 10.6 Å². The van der Waals surface area contributed by atoms with Gasteiger partial charge in [-0.25, -0.2) is 0 Å². The Kier molecular flexibility index (Phi) is 1.61. The summed E-state index contributed by atoms with van der Waals surface area (Å²) < 4.78 is 25.3. The molecule has 0 saturated carbocycles. The lowest BCUT2D eigenvalue weighted by Crippen LogP contribution is -1.94. The summed E-state index contributed by atoms with van der Waals surface area (Å²) in [6, 6.07) is 3.38. The highest BCUT2D eigenvalue weighted by Crippen LogP contribution is 2.35. The van der Waals surface area contributed by atoms with E-state index in [9.17, 15) is 18.5 Å². The third-order valence-electron chi connectivity index (χ3n) is 1.69. The highest BCUT2D eigenvalue weighted by atomic mass is 32.2.